The van der Waals surface area contributed by atoms with E-state index in [-0.39, 0.29) is 5.69 Å². The van der Waals surface area contributed by atoms with Crippen LogP contribution in [0.3, 0.4) is 0 Å². The van der Waals surface area contributed by atoms with Gasteiger partial charge in [0, 0.05) is 19.2 Å². The number of nitrogens with zero attached hydrogens (tertiary/aromatic N) is 5. The van der Waals surface area contributed by atoms with Gasteiger partial charge < -0.3 is 4.90 Å². The molecule has 1 fully saturated rings. The molecule has 2 aromatic rings. The highest BCUT2D eigenvalue weighted by Crippen LogP contribution is 2.33. The molecular weight excluding hydrogens is 298 g/mol. The molecule has 1 aliphatic rings. The molecule has 9 heteroatoms. The highest BCUT2D eigenvalue weighted by atomic mass is 32.2. The van der Waals surface area contributed by atoms with Crippen molar-refractivity contribution >= 4 is 33.9 Å². The predicted octanol–water partition coefficient (Wildman–Crippen LogP) is 2.59. The molecule has 0 radical (unpaired) electrons. The Hall–Kier alpha value is -1.74. The van der Waals surface area contributed by atoms with Crippen LogP contribution in [0.15, 0.2) is 27.7 Å². The Morgan fingerprint density at radius 3 is 2.75 bits per heavy atom. The highest BCUT2D eigenvalue weighted by molar-refractivity contribution is 8.01. The van der Waals surface area contributed by atoms with E-state index in [9.17, 15) is 10.1 Å². The summed E-state index contributed by atoms with van der Waals surface area (Å²) >= 11 is 2.90. The van der Waals surface area contributed by atoms with Crippen LogP contribution in [-0.4, -0.2) is 33.2 Å². The first-order valence-electron chi connectivity index (χ1n) is 6.09. The molecule has 20 heavy (non-hydrogen) atoms. The van der Waals surface area contributed by atoms with Crippen LogP contribution in [0.2, 0.25) is 0 Å². The second-order valence-electron chi connectivity index (χ2n) is 4.26. The summed E-state index contributed by atoms with van der Waals surface area (Å²) in [5, 5.41) is 20.5. The molecule has 0 amide bonds. The fourth-order valence-electron chi connectivity index (χ4n) is 1.91. The quantitative estimate of drug-likeness (QED) is 0.634. The van der Waals surface area contributed by atoms with Gasteiger partial charge in [0.05, 0.1) is 4.92 Å². The SMILES string of the molecule is O=[N+]([O-])c1ccc(Sc2nnc(N3CCCC3)s2)nc1. The average molecular weight is 309 g/mol. The van der Waals surface area contributed by atoms with Crippen molar-refractivity contribution in [3.8, 4) is 0 Å². The average Bonchev–Trinajstić information content (AvgIpc) is 3.09. The monoisotopic (exact) mass is 309 g/mol. The van der Waals surface area contributed by atoms with Crippen molar-refractivity contribution in [2.45, 2.75) is 22.2 Å². The molecule has 0 atom stereocenters. The van der Waals surface area contributed by atoms with Gasteiger partial charge in [0.1, 0.15) is 11.2 Å². The lowest BCUT2D eigenvalue weighted by atomic mass is 10.4. The third-order valence-corrected chi connectivity index (χ3v) is 4.88. The number of hydrogen-bond acceptors (Lipinski definition) is 8. The van der Waals surface area contributed by atoms with Gasteiger partial charge >= 0.3 is 0 Å². The Labute approximate surface area is 123 Å². The molecular formula is C11H11N5O2S2. The van der Waals surface area contributed by atoms with E-state index in [1.165, 1.54) is 48.2 Å². The number of nitro groups is 1. The van der Waals surface area contributed by atoms with Gasteiger partial charge in [-0.1, -0.05) is 11.3 Å². The van der Waals surface area contributed by atoms with Crippen molar-refractivity contribution in [1.29, 1.82) is 0 Å². The second kappa shape index (κ2) is 5.71. The van der Waals surface area contributed by atoms with Crippen molar-refractivity contribution < 1.29 is 4.92 Å². The predicted molar refractivity (Wildman–Crippen MR) is 76.4 cm³/mol. The topological polar surface area (TPSA) is 85.0 Å². The van der Waals surface area contributed by atoms with Crippen molar-refractivity contribution in [2.75, 3.05) is 18.0 Å². The zero-order valence-corrected chi connectivity index (χ0v) is 12.1. The largest absolute Gasteiger partial charge is 0.347 e. The first-order valence-corrected chi connectivity index (χ1v) is 7.72. The lowest BCUT2D eigenvalue weighted by Gasteiger charge is -2.10. The number of anilines is 1. The van der Waals surface area contributed by atoms with Gasteiger partial charge in [-0.05, 0) is 30.7 Å². The molecule has 0 unspecified atom stereocenters. The summed E-state index contributed by atoms with van der Waals surface area (Å²) in [5.41, 5.74) is -0.00984. The van der Waals surface area contributed by atoms with Gasteiger partial charge in [-0.3, -0.25) is 10.1 Å². The summed E-state index contributed by atoms with van der Waals surface area (Å²) in [4.78, 5) is 16.4. The Kier molecular flexibility index (Phi) is 3.79. The summed E-state index contributed by atoms with van der Waals surface area (Å²) in [6.45, 7) is 2.07. The number of aromatic nitrogens is 3. The van der Waals surface area contributed by atoms with E-state index in [4.69, 9.17) is 0 Å². The summed E-state index contributed by atoms with van der Waals surface area (Å²) in [7, 11) is 0. The molecule has 0 bridgehead atoms. The highest BCUT2D eigenvalue weighted by Gasteiger charge is 2.17. The fraction of sp³-hybridized carbons (Fsp3) is 0.364. The van der Waals surface area contributed by atoms with Crippen LogP contribution >= 0.6 is 23.1 Å². The van der Waals surface area contributed by atoms with Crippen LogP contribution in [0.4, 0.5) is 10.8 Å². The maximum atomic E-state index is 10.6. The Bertz CT molecular complexity index is 610. The Balaban J connectivity index is 1.69. The van der Waals surface area contributed by atoms with Gasteiger partial charge in [0.25, 0.3) is 5.69 Å². The van der Waals surface area contributed by atoms with E-state index in [0.717, 1.165) is 22.6 Å². The summed E-state index contributed by atoms with van der Waals surface area (Å²) in [6.07, 6.45) is 3.66. The van der Waals surface area contributed by atoms with Gasteiger partial charge in [0.2, 0.25) is 5.13 Å². The molecule has 0 saturated carbocycles. The lowest BCUT2D eigenvalue weighted by molar-refractivity contribution is -0.385. The Morgan fingerprint density at radius 1 is 1.30 bits per heavy atom. The van der Waals surface area contributed by atoms with E-state index in [1.807, 2.05) is 0 Å². The fourth-order valence-corrected chi connectivity index (χ4v) is 3.69. The second-order valence-corrected chi connectivity index (χ2v) is 6.48. The minimum absolute atomic E-state index is 0.00984. The number of rotatable bonds is 4. The maximum Gasteiger partial charge on any atom is 0.287 e. The molecule has 0 spiro atoms. The molecule has 0 aromatic carbocycles. The van der Waals surface area contributed by atoms with Crippen molar-refractivity contribution in [1.82, 2.24) is 15.2 Å². The van der Waals surface area contributed by atoms with Crippen LogP contribution in [0.1, 0.15) is 12.8 Å². The first kappa shape index (κ1) is 13.3. The van der Waals surface area contributed by atoms with Crippen LogP contribution in [-0.2, 0) is 0 Å². The van der Waals surface area contributed by atoms with Crippen LogP contribution in [0.25, 0.3) is 0 Å². The molecule has 7 nitrogen and oxygen atoms in total. The van der Waals surface area contributed by atoms with Crippen molar-refractivity contribution in [2.24, 2.45) is 0 Å². The molecule has 0 aliphatic carbocycles. The maximum absolute atomic E-state index is 10.6. The molecule has 104 valence electrons. The minimum Gasteiger partial charge on any atom is -0.347 e. The van der Waals surface area contributed by atoms with Gasteiger partial charge in [-0.15, -0.1) is 10.2 Å². The number of hydrogen-bond donors (Lipinski definition) is 0. The van der Waals surface area contributed by atoms with Gasteiger partial charge in [-0.2, -0.15) is 0 Å². The van der Waals surface area contributed by atoms with E-state index in [1.54, 1.807) is 6.07 Å². The molecule has 2 aromatic heterocycles. The molecule has 1 aliphatic heterocycles. The third-order valence-electron chi connectivity index (χ3n) is 2.90. The zero-order chi connectivity index (χ0) is 13.9. The minimum atomic E-state index is -0.460. The van der Waals surface area contributed by atoms with Crippen LogP contribution in [0, 0.1) is 10.1 Å². The zero-order valence-electron chi connectivity index (χ0n) is 10.4. The standard InChI is InChI=1S/C11H11N5O2S2/c17-16(18)8-3-4-9(12-7-8)19-11-14-13-10(20-11)15-5-1-2-6-15/h3-4,7H,1-2,5-6H2. The Morgan fingerprint density at radius 2 is 2.10 bits per heavy atom. The van der Waals surface area contributed by atoms with E-state index in [2.05, 4.69) is 20.1 Å². The molecule has 3 heterocycles. The van der Waals surface area contributed by atoms with Gasteiger partial charge in [0.15, 0.2) is 4.34 Å². The molecule has 0 N–H and O–H groups in total. The van der Waals surface area contributed by atoms with E-state index >= 15 is 0 Å². The summed E-state index contributed by atoms with van der Waals surface area (Å²) in [6, 6.07) is 3.07. The van der Waals surface area contributed by atoms with Gasteiger partial charge in [-0.25, -0.2) is 4.98 Å². The normalized spacial score (nSPS) is 14.7. The van der Waals surface area contributed by atoms with E-state index in [0.29, 0.717) is 5.03 Å². The molecule has 3 rings (SSSR count). The first-order chi connectivity index (χ1) is 9.72. The third kappa shape index (κ3) is 2.88. The lowest BCUT2D eigenvalue weighted by Crippen LogP contribution is -2.17. The van der Waals surface area contributed by atoms with Crippen LogP contribution < -0.4 is 4.90 Å². The number of pyridine rings is 1. The van der Waals surface area contributed by atoms with Crippen molar-refractivity contribution in [3.63, 3.8) is 0 Å². The smallest absolute Gasteiger partial charge is 0.287 e. The van der Waals surface area contributed by atoms with Crippen molar-refractivity contribution in [3.05, 3.63) is 28.4 Å². The molecule has 1 saturated heterocycles. The summed E-state index contributed by atoms with van der Waals surface area (Å²) in [5.74, 6) is 0. The van der Waals surface area contributed by atoms with E-state index < -0.39 is 4.92 Å². The summed E-state index contributed by atoms with van der Waals surface area (Å²) < 4.78 is 0.799. The van der Waals surface area contributed by atoms with Crippen LogP contribution in [0.5, 0.6) is 0 Å².